The summed E-state index contributed by atoms with van der Waals surface area (Å²) in [5.74, 6) is -0.0746. The molecule has 1 aliphatic rings. The van der Waals surface area contributed by atoms with Gasteiger partial charge in [0.05, 0.1) is 0 Å². The zero-order chi connectivity index (χ0) is 9.10. The topological polar surface area (TPSA) is 3.24 Å². The van der Waals surface area contributed by atoms with E-state index in [1.165, 1.54) is 18.9 Å². The molecular weight excluding hydrogens is 201 g/mol. The summed E-state index contributed by atoms with van der Waals surface area (Å²) in [5, 5.41) is 0. The second-order valence-corrected chi connectivity index (χ2v) is 3.57. The molecule has 0 spiro atoms. The molecule has 1 aromatic carbocycles. The average Bonchev–Trinajstić information content (AvgIpc) is 2.61. The van der Waals surface area contributed by atoms with Gasteiger partial charge >= 0.3 is 0 Å². The molecule has 0 radical (unpaired) electrons. The standard InChI is InChI=1S/C11H14FN.ClH/c12-11-6-2-1-5-10(11)9-13-7-3-4-8-13;/h1-2,5-6H,3-4,7-9H2;1H. The summed E-state index contributed by atoms with van der Waals surface area (Å²) in [6.45, 7) is 3.01. The highest BCUT2D eigenvalue weighted by molar-refractivity contribution is 5.85. The van der Waals surface area contributed by atoms with Gasteiger partial charge in [0.25, 0.3) is 0 Å². The van der Waals surface area contributed by atoms with Crippen LogP contribution in [0.3, 0.4) is 0 Å². The minimum atomic E-state index is -0.0746. The third kappa shape index (κ3) is 2.69. The van der Waals surface area contributed by atoms with Gasteiger partial charge in [0, 0.05) is 12.1 Å². The Hall–Kier alpha value is -0.600. The lowest BCUT2D eigenvalue weighted by Gasteiger charge is -2.14. The van der Waals surface area contributed by atoms with E-state index in [1.54, 1.807) is 6.07 Å². The molecule has 0 bridgehead atoms. The first-order valence-corrected chi connectivity index (χ1v) is 4.82. The summed E-state index contributed by atoms with van der Waals surface area (Å²) in [7, 11) is 0. The molecule has 14 heavy (non-hydrogen) atoms. The number of rotatable bonds is 2. The van der Waals surface area contributed by atoms with Gasteiger partial charge in [-0.2, -0.15) is 0 Å². The van der Waals surface area contributed by atoms with Gasteiger partial charge in [0.1, 0.15) is 5.82 Å². The van der Waals surface area contributed by atoms with Crippen LogP contribution in [0.4, 0.5) is 4.39 Å². The van der Waals surface area contributed by atoms with Gasteiger partial charge in [0.2, 0.25) is 0 Å². The van der Waals surface area contributed by atoms with Crippen molar-refractivity contribution in [2.75, 3.05) is 13.1 Å². The van der Waals surface area contributed by atoms with E-state index < -0.39 is 0 Å². The molecule has 0 aliphatic carbocycles. The van der Waals surface area contributed by atoms with Crippen LogP contribution in [-0.2, 0) is 6.54 Å². The molecule has 78 valence electrons. The van der Waals surface area contributed by atoms with Crippen LogP contribution in [-0.4, -0.2) is 18.0 Å². The number of benzene rings is 1. The molecule has 0 N–H and O–H groups in total. The van der Waals surface area contributed by atoms with E-state index in [2.05, 4.69) is 4.90 Å². The maximum absolute atomic E-state index is 13.2. The lowest BCUT2D eigenvalue weighted by atomic mass is 10.2. The second-order valence-electron chi connectivity index (χ2n) is 3.57. The molecule has 1 nitrogen and oxygen atoms in total. The lowest BCUT2D eigenvalue weighted by Crippen LogP contribution is -2.18. The van der Waals surface area contributed by atoms with E-state index in [1.807, 2.05) is 12.1 Å². The minimum Gasteiger partial charge on any atom is -0.299 e. The second kappa shape index (κ2) is 5.32. The van der Waals surface area contributed by atoms with Crippen LogP contribution < -0.4 is 0 Å². The first kappa shape index (κ1) is 11.5. The van der Waals surface area contributed by atoms with Gasteiger partial charge in [-0.15, -0.1) is 12.4 Å². The van der Waals surface area contributed by atoms with Gasteiger partial charge in [-0.25, -0.2) is 4.39 Å². The number of hydrogen-bond donors (Lipinski definition) is 0. The van der Waals surface area contributed by atoms with E-state index in [0.717, 1.165) is 25.2 Å². The third-order valence-corrected chi connectivity index (χ3v) is 2.55. The molecule has 0 atom stereocenters. The van der Waals surface area contributed by atoms with Crippen LogP contribution in [0, 0.1) is 5.82 Å². The van der Waals surface area contributed by atoms with Crippen LogP contribution in [0.25, 0.3) is 0 Å². The van der Waals surface area contributed by atoms with Gasteiger partial charge in [-0.3, -0.25) is 4.90 Å². The van der Waals surface area contributed by atoms with Crippen LogP contribution in [0.5, 0.6) is 0 Å². The molecule has 2 rings (SSSR count). The van der Waals surface area contributed by atoms with Gasteiger partial charge < -0.3 is 0 Å². The Morgan fingerprint density at radius 3 is 2.43 bits per heavy atom. The van der Waals surface area contributed by atoms with Crippen molar-refractivity contribution in [2.45, 2.75) is 19.4 Å². The average molecular weight is 216 g/mol. The summed E-state index contributed by atoms with van der Waals surface area (Å²) in [4.78, 5) is 2.30. The van der Waals surface area contributed by atoms with Crippen molar-refractivity contribution in [1.82, 2.24) is 4.90 Å². The van der Waals surface area contributed by atoms with E-state index in [4.69, 9.17) is 0 Å². The summed E-state index contributed by atoms with van der Waals surface area (Å²) in [6, 6.07) is 7.04. The molecule has 1 aromatic rings. The van der Waals surface area contributed by atoms with E-state index in [-0.39, 0.29) is 18.2 Å². The molecule has 1 fully saturated rings. The molecule has 1 aliphatic heterocycles. The predicted molar refractivity (Wildman–Crippen MR) is 58.2 cm³/mol. The Bertz CT molecular complexity index is 284. The maximum Gasteiger partial charge on any atom is 0.127 e. The maximum atomic E-state index is 13.2. The third-order valence-electron chi connectivity index (χ3n) is 2.55. The highest BCUT2D eigenvalue weighted by atomic mass is 35.5. The van der Waals surface area contributed by atoms with Crippen molar-refractivity contribution in [3.63, 3.8) is 0 Å². The normalized spacial score (nSPS) is 16.6. The summed E-state index contributed by atoms with van der Waals surface area (Å²) in [5.41, 5.74) is 0.824. The van der Waals surface area contributed by atoms with Crippen molar-refractivity contribution in [3.8, 4) is 0 Å². The number of halogens is 2. The van der Waals surface area contributed by atoms with E-state index >= 15 is 0 Å². The largest absolute Gasteiger partial charge is 0.299 e. The summed E-state index contributed by atoms with van der Waals surface area (Å²) < 4.78 is 13.2. The first-order chi connectivity index (χ1) is 6.36. The fourth-order valence-electron chi connectivity index (χ4n) is 1.81. The molecule has 1 saturated heterocycles. The SMILES string of the molecule is Cl.Fc1ccccc1CN1CCCC1. The summed E-state index contributed by atoms with van der Waals surface area (Å²) in [6.07, 6.45) is 2.52. The number of nitrogens with zero attached hydrogens (tertiary/aromatic N) is 1. The minimum absolute atomic E-state index is 0. The Balaban J connectivity index is 0.000000980. The Labute approximate surface area is 90.3 Å². The molecular formula is C11H15ClFN. The Morgan fingerprint density at radius 1 is 1.14 bits per heavy atom. The van der Waals surface area contributed by atoms with E-state index in [9.17, 15) is 4.39 Å². The lowest BCUT2D eigenvalue weighted by molar-refractivity contribution is 0.325. The highest BCUT2D eigenvalue weighted by Gasteiger charge is 2.12. The van der Waals surface area contributed by atoms with Crippen molar-refractivity contribution in [2.24, 2.45) is 0 Å². The quantitative estimate of drug-likeness (QED) is 0.734. The van der Waals surface area contributed by atoms with Crippen LogP contribution in [0.15, 0.2) is 24.3 Å². The molecule has 0 saturated carbocycles. The first-order valence-electron chi connectivity index (χ1n) is 4.82. The van der Waals surface area contributed by atoms with Crippen LogP contribution in [0.2, 0.25) is 0 Å². The van der Waals surface area contributed by atoms with Crippen molar-refractivity contribution >= 4 is 12.4 Å². The fraction of sp³-hybridized carbons (Fsp3) is 0.455. The Kier molecular flexibility index (Phi) is 4.36. The smallest absolute Gasteiger partial charge is 0.127 e. The highest BCUT2D eigenvalue weighted by Crippen LogP contribution is 2.14. The monoisotopic (exact) mass is 215 g/mol. The van der Waals surface area contributed by atoms with Crippen LogP contribution in [0.1, 0.15) is 18.4 Å². The predicted octanol–water partition coefficient (Wildman–Crippen LogP) is 2.84. The fourth-order valence-corrected chi connectivity index (χ4v) is 1.81. The molecule has 0 amide bonds. The molecule has 0 aromatic heterocycles. The van der Waals surface area contributed by atoms with Crippen molar-refractivity contribution < 1.29 is 4.39 Å². The van der Waals surface area contributed by atoms with Crippen molar-refractivity contribution in [1.29, 1.82) is 0 Å². The van der Waals surface area contributed by atoms with Gasteiger partial charge in [-0.1, -0.05) is 18.2 Å². The van der Waals surface area contributed by atoms with Gasteiger partial charge in [-0.05, 0) is 32.0 Å². The molecule has 0 unspecified atom stereocenters. The number of hydrogen-bond acceptors (Lipinski definition) is 1. The van der Waals surface area contributed by atoms with Crippen LogP contribution >= 0.6 is 12.4 Å². The van der Waals surface area contributed by atoms with E-state index in [0.29, 0.717) is 0 Å². The zero-order valence-electron chi connectivity index (χ0n) is 8.08. The summed E-state index contributed by atoms with van der Waals surface area (Å²) >= 11 is 0. The zero-order valence-corrected chi connectivity index (χ0v) is 8.89. The number of likely N-dealkylation sites (tertiary alicyclic amines) is 1. The van der Waals surface area contributed by atoms with Gasteiger partial charge in [0.15, 0.2) is 0 Å². The molecule has 3 heteroatoms. The molecule has 1 heterocycles. The Morgan fingerprint density at radius 2 is 1.79 bits per heavy atom. The van der Waals surface area contributed by atoms with Crippen molar-refractivity contribution in [3.05, 3.63) is 35.6 Å².